The highest BCUT2D eigenvalue weighted by Gasteiger charge is 2.09. The van der Waals surface area contributed by atoms with Crippen molar-refractivity contribution in [3.63, 3.8) is 0 Å². The van der Waals surface area contributed by atoms with Gasteiger partial charge in [0.1, 0.15) is 5.75 Å². The summed E-state index contributed by atoms with van der Waals surface area (Å²) in [4.78, 5) is 0. The highest BCUT2D eigenvalue weighted by molar-refractivity contribution is 5.73. The number of para-hydroxylation sites is 1. The minimum atomic E-state index is 0.836. The zero-order chi connectivity index (χ0) is 18.5. The molecule has 0 unspecified atom stereocenters. The molecule has 0 saturated heterocycles. The molecule has 1 nitrogen and oxygen atoms in total. The molecule has 0 aliphatic carbocycles. The minimum absolute atomic E-state index is 0.836. The molecule has 0 saturated carbocycles. The lowest BCUT2D eigenvalue weighted by Gasteiger charge is -2.13. The Kier molecular flexibility index (Phi) is 9.94. The fourth-order valence-electron chi connectivity index (χ4n) is 3.61. The van der Waals surface area contributed by atoms with Crippen LogP contribution in [-0.4, -0.2) is 7.11 Å². The van der Waals surface area contributed by atoms with Gasteiger partial charge in [-0.15, -0.1) is 0 Å². The Morgan fingerprint density at radius 1 is 0.731 bits per heavy atom. The second-order valence-corrected chi connectivity index (χ2v) is 7.21. The molecule has 26 heavy (non-hydrogen) atoms. The molecule has 0 fully saturated rings. The molecule has 1 radical (unpaired) electrons. The first-order valence-electron chi connectivity index (χ1n) is 10.5. The average molecular weight is 352 g/mol. The molecule has 2 aromatic carbocycles. The fourth-order valence-corrected chi connectivity index (χ4v) is 3.61. The molecule has 2 rings (SSSR count). The first kappa shape index (κ1) is 20.6. The maximum Gasteiger partial charge on any atom is 0.134 e. The first-order chi connectivity index (χ1) is 12.9. The third-order valence-corrected chi connectivity index (χ3v) is 5.13. The van der Waals surface area contributed by atoms with Crippen LogP contribution in [0.5, 0.6) is 5.75 Å². The number of methoxy groups -OCH3 is 1. The summed E-state index contributed by atoms with van der Waals surface area (Å²) in [5.74, 6) is 0.836. The van der Waals surface area contributed by atoms with Crippen LogP contribution in [0.15, 0.2) is 42.5 Å². The standard InChI is InChI=1S/C25H35O/c1-3-4-5-6-7-8-9-10-11-12-17-22-18-13-14-19-23(22)24-20-15-16-21-25(24)26-2/h13-16,18-20H,3-12,17H2,1-2H3. The van der Waals surface area contributed by atoms with Gasteiger partial charge in [0.15, 0.2) is 0 Å². The Morgan fingerprint density at radius 3 is 2.04 bits per heavy atom. The summed E-state index contributed by atoms with van der Waals surface area (Å²) >= 11 is 0. The summed E-state index contributed by atoms with van der Waals surface area (Å²) in [5, 5.41) is 0. The number of aryl methyl sites for hydroxylation is 1. The molecule has 0 aliphatic rings. The first-order valence-corrected chi connectivity index (χ1v) is 10.5. The molecule has 2 aromatic rings. The van der Waals surface area contributed by atoms with E-state index in [0.717, 1.165) is 17.7 Å². The summed E-state index contributed by atoms with van der Waals surface area (Å²) in [7, 11) is 1.72. The molecule has 0 aromatic heterocycles. The van der Waals surface area contributed by atoms with Gasteiger partial charge in [0.05, 0.1) is 7.11 Å². The average Bonchev–Trinajstić information content (AvgIpc) is 2.69. The van der Waals surface area contributed by atoms with Crippen LogP contribution in [0.25, 0.3) is 11.1 Å². The third kappa shape index (κ3) is 6.86. The van der Waals surface area contributed by atoms with Crippen LogP contribution >= 0.6 is 0 Å². The molecular formula is C25H35O. The van der Waals surface area contributed by atoms with E-state index in [4.69, 9.17) is 4.74 Å². The summed E-state index contributed by atoms with van der Waals surface area (Å²) in [5.41, 5.74) is 3.86. The van der Waals surface area contributed by atoms with Crippen LogP contribution in [0.2, 0.25) is 0 Å². The van der Waals surface area contributed by atoms with Crippen molar-refractivity contribution in [3.8, 4) is 16.9 Å². The molecule has 0 amide bonds. The smallest absolute Gasteiger partial charge is 0.134 e. The maximum absolute atomic E-state index is 5.50. The predicted octanol–water partition coefficient (Wildman–Crippen LogP) is 7.63. The highest BCUT2D eigenvalue weighted by Crippen LogP contribution is 2.32. The molecule has 141 valence electrons. The van der Waals surface area contributed by atoms with Gasteiger partial charge in [0.2, 0.25) is 0 Å². The Morgan fingerprint density at radius 2 is 1.35 bits per heavy atom. The van der Waals surface area contributed by atoms with Crippen molar-refractivity contribution < 1.29 is 4.74 Å². The van der Waals surface area contributed by atoms with Crippen LogP contribution in [0.3, 0.4) is 0 Å². The molecule has 0 spiro atoms. The van der Waals surface area contributed by atoms with Gasteiger partial charge in [0.25, 0.3) is 0 Å². The zero-order valence-electron chi connectivity index (χ0n) is 16.7. The van der Waals surface area contributed by atoms with Crippen molar-refractivity contribution in [3.05, 3.63) is 54.1 Å². The van der Waals surface area contributed by atoms with Gasteiger partial charge >= 0.3 is 0 Å². The van der Waals surface area contributed by atoms with Crippen molar-refractivity contribution in [2.75, 3.05) is 7.11 Å². The largest absolute Gasteiger partial charge is 0.495 e. The van der Waals surface area contributed by atoms with Crippen molar-refractivity contribution in [2.24, 2.45) is 0 Å². The Labute approximate surface area is 160 Å². The van der Waals surface area contributed by atoms with Crippen LogP contribution in [0.4, 0.5) is 0 Å². The van der Waals surface area contributed by atoms with E-state index in [2.05, 4.69) is 43.3 Å². The van der Waals surface area contributed by atoms with Crippen molar-refractivity contribution in [1.82, 2.24) is 0 Å². The summed E-state index contributed by atoms with van der Waals surface area (Å²) in [6, 6.07) is 18.0. The molecule has 1 heteroatoms. The fraction of sp³-hybridized carbons (Fsp3) is 0.520. The van der Waals surface area contributed by atoms with Crippen LogP contribution in [-0.2, 0) is 6.42 Å². The van der Waals surface area contributed by atoms with Crippen molar-refractivity contribution in [1.29, 1.82) is 0 Å². The summed E-state index contributed by atoms with van der Waals surface area (Å²) < 4.78 is 5.50. The van der Waals surface area contributed by atoms with Crippen LogP contribution < -0.4 is 4.74 Å². The Hall–Kier alpha value is -1.76. The van der Waals surface area contributed by atoms with E-state index in [9.17, 15) is 0 Å². The number of hydrogen-bond donors (Lipinski definition) is 0. The number of ether oxygens (including phenoxy) is 1. The van der Waals surface area contributed by atoms with Gasteiger partial charge in [-0.05, 0) is 24.0 Å². The third-order valence-electron chi connectivity index (χ3n) is 5.13. The van der Waals surface area contributed by atoms with E-state index in [-0.39, 0.29) is 0 Å². The number of unbranched alkanes of at least 4 members (excludes halogenated alkanes) is 9. The lowest BCUT2D eigenvalue weighted by atomic mass is 9.95. The molecule has 0 aliphatic heterocycles. The monoisotopic (exact) mass is 351 g/mol. The second kappa shape index (κ2) is 12.6. The maximum atomic E-state index is 5.50. The lowest BCUT2D eigenvalue weighted by molar-refractivity contribution is 0.415. The van der Waals surface area contributed by atoms with E-state index in [0.29, 0.717) is 0 Å². The van der Waals surface area contributed by atoms with Gasteiger partial charge in [0, 0.05) is 11.6 Å². The van der Waals surface area contributed by atoms with Gasteiger partial charge in [-0.25, -0.2) is 0 Å². The number of benzene rings is 2. The van der Waals surface area contributed by atoms with Gasteiger partial charge in [-0.3, -0.25) is 0 Å². The van der Waals surface area contributed by atoms with Gasteiger partial charge < -0.3 is 4.74 Å². The molecule has 0 N–H and O–H groups in total. The van der Waals surface area contributed by atoms with E-state index in [1.54, 1.807) is 7.11 Å². The van der Waals surface area contributed by atoms with Gasteiger partial charge in [-0.2, -0.15) is 0 Å². The molecule has 0 atom stereocenters. The van der Waals surface area contributed by atoms with Gasteiger partial charge in [-0.1, -0.05) is 107 Å². The van der Waals surface area contributed by atoms with Crippen molar-refractivity contribution in [2.45, 2.75) is 77.6 Å². The summed E-state index contributed by atoms with van der Waals surface area (Å²) in [6.45, 7) is 2.28. The SMILES string of the molecule is CCCCCCCCCCCCc1ccccc1-c1ccc[c]c1OC. The zero-order valence-corrected chi connectivity index (χ0v) is 16.7. The molecule has 0 heterocycles. The minimum Gasteiger partial charge on any atom is -0.495 e. The molecule has 0 bridgehead atoms. The van der Waals surface area contributed by atoms with E-state index >= 15 is 0 Å². The predicted molar refractivity (Wildman–Crippen MR) is 113 cm³/mol. The van der Waals surface area contributed by atoms with E-state index in [1.807, 2.05) is 12.1 Å². The van der Waals surface area contributed by atoms with Crippen LogP contribution in [0.1, 0.15) is 76.7 Å². The number of rotatable bonds is 13. The lowest BCUT2D eigenvalue weighted by Crippen LogP contribution is -1.93. The normalized spacial score (nSPS) is 10.8. The van der Waals surface area contributed by atoms with E-state index < -0.39 is 0 Å². The Bertz CT molecular complexity index is 617. The summed E-state index contributed by atoms with van der Waals surface area (Å²) in [6.07, 6.45) is 15.0. The van der Waals surface area contributed by atoms with E-state index in [1.165, 1.54) is 75.3 Å². The Balaban J connectivity index is 1.75. The van der Waals surface area contributed by atoms with Crippen molar-refractivity contribution >= 4 is 0 Å². The second-order valence-electron chi connectivity index (χ2n) is 7.21. The highest BCUT2D eigenvalue weighted by atomic mass is 16.5. The quantitative estimate of drug-likeness (QED) is 0.337. The topological polar surface area (TPSA) is 9.23 Å². The van der Waals surface area contributed by atoms with Crippen LogP contribution in [0, 0.1) is 6.07 Å². The molecular weight excluding hydrogens is 316 g/mol. The number of hydrogen-bond acceptors (Lipinski definition) is 1.